The number of aromatic nitrogens is 2. The number of methoxy groups -OCH3 is 1. The Bertz CT molecular complexity index is 915. The number of ether oxygens (including phenoxy) is 3. The number of carbonyl (C=O) groups excluding carboxylic acids is 1. The first kappa shape index (κ1) is 18.4. The van der Waals surface area contributed by atoms with Crippen LogP contribution in [0.2, 0.25) is 0 Å². The zero-order chi connectivity index (χ0) is 19.6. The third kappa shape index (κ3) is 3.91. The summed E-state index contributed by atoms with van der Waals surface area (Å²) in [4.78, 5) is 18.5. The smallest absolute Gasteiger partial charge is 0.434 e. The second-order valence-corrected chi connectivity index (χ2v) is 5.32. The molecule has 11 heteroatoms. The van der Waals surface area contributed by atoms with Gasteiger partial charge in [0.2, 0.25) is 12.7 Å². The summed E-state index contributed by atoms with van der Waals surface area (Å²) in [6.07, 6.45) is -4.13. The molecule has 3 rings (SSSR count). The Morgan fingerprint density at radius 1 is 1.30 bits per heavy atom. The van der Waals surface area contributed by atoms with E-state index in [-0.39, 0.29) is 6.79 Å². The molecule has 1 aliphatic heterocycles. The van der Waals surface area contributed by atoms with E-state index in [1.165, 1.54) is 0 Å². The molecule has 1 N–H and O–H groups in total. The first-order valence-electron chi connectivity index (χ1n) is 7.52. The molecule has 0 aliphatic carbocycles. The van der Waals surface area contributed by atoms with Crippen LogP contribution in [0.25, 0.3) is 0 Å². The van der Waals surface area contributed by atoms with Crippen molar-refractivity contribution in [2.75, 3.05) is 19.3 Å². The quantitative estimate of drug-likeness (QED) is 0.494. The monoisotopic (exact) mass is 382 g/mol. The maximum Gasteiger partial charge on any atom is 0.434 e. The summed E-state index contributed by atoms with van der Waals surface area (Å²) in [5.74, 6) is -0.472. The van der Waals surface area contributed by atoms with Gasteiger partial charge in [-0.15, -0.1) is 0 Å². The van der Waals surface area contributed by atoms with E-state index in [2.05, 4.69) is 25.2 Å². The van der Waals surface area contributed by atoms with Crippen LogP contribution in [0.4, 0.5) is 19.1 Å². The number of alkyl halides is 3. The molecule has 27 heavy (non-hydrogen) atoms. The van der Waals surface area contributed by atoms with Crippen LogP contribution in [-0.4, -0.2) is 35.6 Å². The molecule has 1 aromatic carbocycles. The molecule has 0 radical (unpaired) electrons. The van der Waals surface area contributed by atoms with Gasteiger partial charge in [0.25, 0.3) is 0 Å². The van der Waals surface area contributed by atoms with Crippen LogP contribution in [0.1, 0.15) is 28.5 Å². The van der Waals surface area contributed by atoms with Crippen LogP contribution in [0.3, 0.4) is 0 Å². The second kappa shape index (κ2) is 7.09. The van der Waals surface area contributed by atoms with Gasteiger partial charge in [-0.25, -0.2) is 20.2 Å². The van der Waals surface area contributed by atoms with E-state index in [4.69, 9.17) is 9.47 Å². The summed E-state index contributed by atoms with van der Waals surface area (Å²) in [7, 11) is 0.966. The van der Waals surface area contributed by atoms with Gasteiger partial charge in [-0.05, 0) is 25.1 Å². The molecule has 142 valence electrons. The van der Waals surface area contributed by atoms with E-state index >= 15 is 0 Å². The molecular formula is C16H13F3N4O4. The molecule has 1 aromatic heterocycles. The molecule has 0 spiro atoms. The SMILES string of the molecule is COC(=O)c1cnc(N/N=C(/C)c2ccc3c(c2)OCO3)nc1C(F)(F)F. The Kier molecular flexibility index (Phi) is 4.84. The van der Waals surface area contributed by atoms with E-state index < -0.39 is 29.4 Å². The Hall–Kier alpha value is -3.37. The van der Waals surface area contributed by atoms with E-state index in [1.54, 1.807) is 25.1 Å². The molecule has 0 atom stereocenters. The molecule has 0 amide bonds. The molecule has 2 aromatic rings. The minimum atomic E-state index is -4.86. The topological polar surface area (TPSA) is 94.9 Å². The molecule has 1 aliphatic rings. The van der Waals surface area contributed by atoms with Crippen molar-refractivity contribution in [1.29, 1.82) is 0 Å². The Labute approximate surface area is 151 Å². The van der Waals surface area contributed by atoms with Crippen molar-refractivity contribution in [2.45, 2.75) is 13.1 Å². The minimum absolute atomic E-state index is 0.119. The van der Waals surface area contributed by atoms with Gasteiger partial charge in [0.05, 0.1) is 12.8 Å². The van der Waals surface area contributed by atoms with Crippen molar-refractivity contribution >= 4 is 17.6 Å². The van der Waals surface area contributed by atoms with Gasteiger partial charge in [0.1, 0.15) is 5.56 Å². The fraction of sp³-hybridized carbons (Fsp3) is 0.250. The molecule has 2 heterocycles. The fourth-order valence-corrected chi connectivity index (χ4v) is 2.23. The maximum atomic E-state index is 13.1. The number of nitrogens with one attached hydrogen (secondary N) is 1. The highest BCUT2D eigenvalue weighted by molar-refractivity contribution is 5.99. The van der Waals surface area contributed by atoms with Gasteiger partial charge >= 0.3 is 12.1 Å². The maximum absolute atomic E-state index is 13.1. The number of nitrogens with zero attached hydrogens (tertiary/aromatic N) is 3. The normalized spacial score (nSPS) is 13.4. The van der Waals surface area contributed by atoms with Gasteiger partial charge in [0, 0.05) is 11.8 Å². The number of esters is 1. The Morgan fingerprint density at radius 3 is 2.74 bits per heavy atom. The summed E-state index contributed by atoms with van der Waals surface area (Å²) in [6, 6.07) is 5.10. The van der Waals surface area contributed by atoms with Gasteiger partial charge in [0.15, 0.2) is 17.2 Å². The zero-order valence-corrected chi connectivity index (χ0v) is 14.1. The van der Waals surface area contributed by atoms with Crippen LogP contribution >= 0.6 is 0 Å². The summed E-state index contributed by atoms with van der Waals surface area (Å²) < 4.78 is 54.2. The van der Waals surface area contributed by atoms with Crippen LogP contribution in [0.5, 0.6) is 11.5 Å². The lowest BCUT2D eigenvalue weighted by atomic mass is 10.1. The number of benzene rings is 1. The van der Waals surface area contributed by atoms with Crippen molar-refractivity contribution < 1.29 is 32.2 Å². The van der Waals surface area contributed by atoms with Crippen molar-refractivity contribution in [3.8, 4) is 11.5 Å². The minimum Gasteiger partial charge on any atom is -0.465 e. The van der Waals surface area contributed by atoms with Crippen molar-refractivity contribution in [3.63, 3.8) is 0 Å². The van der Waals surface area contributed by atoms with E-state index in [1.807, 2.05) is 0 Å². The average Bonchev–Trinajstić information content (AvgIpc) is 3.12. The standard InChI is InChI=1S/C16H13F3N4O4/c1-8(9-3-4-11-12(5-9)27-7-26-11)22-23-15-20-6-10(14(24)25-2)13(21-15)16(17,18)19/h3-6H,7H2,1-2H3,(H,20,21,23)/b22-8-. The lowest BCUT2D eigenvalue weighted by Crippen LogP contribution is -2.18. The number of hydrogen-bond donors (Lipinski definition) is 1. The molecule has 0 saturated carbocycles. The summed E-state index contributed by atoms with van der Waals surface area (Å²) in [5.41, 5.74) is 1.26. The molecule has 0 fully saturated rings. The lowest BCUT2D eigenvalue weighted by Gasteiger charge is -2.11. The molecule has 8 nitrogen and oxygen atoms in total. The number of rotatable bonds is 4. The van der Waals surface area contributed by atoms with E-state index in [0.29, 0.717) is 22.8 Å². The zero-order valence-electron chi connectivity index (χ0n) is 14.1. The largest absolute Gasteiger partial charge is 0.465 e. The van der Waals surface area contributed by atoms with Gasteiger partial charge in [-0.2, -0.15) is 18.3 Å². The Balaban J connectivity index is 1.85. The number of anilines is 1. The van der Waals surface area contributed by atoms with Crippen LogP contribution in [-0.2, 0) is 10.9 Å². The van der Waals surface area contributed by atoms with Gasteiger partial charge < -0.3 is 14.2 Å². The third-order valence-electron chi connectivity index (χ3n) is 3.58. The number of halogens is 3. The molecule has 0 saturated heterocycles. The molecule has 0 bridgehead atoms. The van der Waals surface area contributed by atoms with Crippen molar-refractivity contribution in [3.05, 3.63) is 41.2 Å². The highest BCUT2D eigenvalue weighted by atomic mass is 19.4. The number of carbonyl (C=O) groups is 1. The van der Waals surface area contributed by atoms with Gasteiger partial charge in [-0.1, -0.05) is 0 Å². The van der Waals surface area contributed by atoms with Gasteiger partial charge in [-0.3, -0.25) is 0 Å². The first-order chi connectivity index (χ1) is 12.8. The number of hydrazone groups is 1. The fourth-order valence-electron chi connectivity index (χ4n) is 2.23. The predicted molar refractivity (Wildman–Crippen MR) is 86.8 cm³/mol. The third-order valence-corrected chi connectivity index (χ3v) is 3.58. The van der Waals surface area contributed by atoms with Crippen LogP contribution < -0.4 is 14.9 Å². The number of hydrogen-bond acceptors (Lipinski definition) is 8. The molecule has 0 unspecified atom stereocenters. The summed E-state index contributed by atoms with van der Waals surface area (Å²) in [6.45, 7) is 1.76. The van der Waals surface area contributed by atoms with Crippen LogP contribution in [0, 0.1) is 0 Å². The number of fused-ring (bicyclic) bond motifs is 1. The first-order valence-corrected chi connectivity index (χ1v) is 7.52. The van der Waals surface area contributed by atoms with Crippen molar-refractivity contribution in [1.82, 2.24) is 9.97 Å². The Morgan fingerprint density at radius 2 is 2.04 bits per heavy atom. The highest BCUT2D eigenvalue weighted by Gasteiger charge is 2.38. The average molecular weight is 382 g/mol. The van der Waals surface area contributed by atoms with Crippen molar-refractivity contribution in [2.24, 2.45) is 5.10 Å². The predicted octanol–water partition coefficient (Wildman–Crippen LogP) is 2.85. The lowest BCUT2D eigenvalue weighted by molar-refractivity contribution is -0.141. The highest BCUT2D eigenvalue weighted by Crippen LogP contribution is 2.33. The summed E-state index contributed by atoms with van der Waals surface area (Å²) in [5, 5.41) is 3.97. The molecular weight excluding hydrogens is 369 g/mol. The van der Waals surface area contributed by atoms with Crippen LogP contribution in [0.15, 0.2) is 29.5 Å². The second-order valence-electron chi connectivity index (χ2n) is 5.32. The summed E-state index contributed by atoms with van der Waals surface area (Å²) >= 11 is 0. The van der Waals surface area contributed by atoms with E-state index in [0.717, 1.165) is 13.3 Å². The van der Waals surface area contributed by atoms with E-state index in [9.17, 15) is 18.0 Å².